The van der Waals surface area contributed by atoms with Crippen molar-refractivity contribution >= 4 is 17.5 Å². The zero-order valence-corrected chi connectivity index (χ0v) is 19.2. The minimum absolute atomic E-state index is 0.00474. The summed E-state index contributed by atoms with van der Waals surface area (Å²) in [4.78, 5) is 17.8. The summed E-state index contributed by atoms with van der Waals surface area (Å²) in [6, 6.07) is 12.4. The molecule has 1 aromatic heterocycles. The molecule has 1 atom stereocenters. The summed E-state index contributed by atoms with van der Waals surface area (Å²) >= 11 is 0. The predicted molar refractivity (Wildman–Crippen MR) is 125 cm³/mol. The highest BCUT2D eigenvalue weighted by atomic mass is 16.5. The Morgan fingerprint density at radius 2 is 1.85 bits per heavy atom. The largest absolute Gasteiger partial charge is 0.495 e. The molecule has 1 aliphatic rings. The van der Waals surface area contributed by atoms with Crippen LogP contribution in [-0.4, -0.2) is 41.0 Å². The first-order chi connectivity index (χ1) is 15.9. The van der Waals surface area contributed by atoms with Crippen LogP contribution in [0.4, 0.5) is 11.6 Å². The Morgan fingerprint density at radius 1 is 1.09 bits per heavy atom. The van der Waals surface area contributed by atoms with Crippen LogP contribution in [0.25, 0.3) is 0 Å². The molecule has 3 aromatic rings. The molecular weight excluding hydrogens is 422 g/mol. The van der Waals surface area contributed by atoms with Gasteiger partial charge in [-0.3, -0.25) is 4.79 Å². The fourth-order valence-corrected chi connectivity index (χ4v) is 3.84. The third kappa shape index (κ3) is 4.34. The quantitative estimate of drug-likeness (QED) is 0.562. The summed E-state index contributed by atoms with van der Waals surface area (Å²) in [7, 11) is 3.15. The van der Waals surface area contributed by atoms with Gasteiger partial charge in [0.1, 0.15) is 18.1 Å². The number of amides is 1. The molecule has 0 radical (unpaired) electrons. The number of rotatable bonds is 7. The van der Waals surface area contributed by atoms with E-state index in [1.807, 2.05) is 51.1 Å². The van der Waals surface area contributed by atoms with E-state index in [1.165, 1.54) is 6.33 Å². The Kier molecular flexibility index (Phi) is 6.21. The van der Waals surface area contributed by atoms with Crippen molar-refractivity contribution in [3.05, 3.63) is 65.6 Å². The third-order valence-corrected chi connectivity index (χ3v) is 5.26. The van der Waals surface area contributed by atoms with Crippen LogP contribution in [-0.2, 0) is 4.79 Å². The summed E-state index contributed by atoms with van der Waals surface area (Å²) in [5.74, 6) is 2.04. The van der Waals surface area contributed by atoms with Crippen LogP contribution in [0.5, 0.6) is 17.2 Å². The molecule has 2 N–H and O–H groups in total. The van der Waals surface area contributed by atoms with Gasteiger partial charge in [-0.15, -0.1) is 0 Å². The van der Waals surface area contributed by atoms with E-state index < -0.39 is 6.04 Å². The van der Waals surface area contributed by atoms with Crippen LogP contribution in [0.15, 0.2) is 60.1 Å². The van der Waals surface area contributed by atoms with Gasteiger partial charge in [0.25, 0.3) is 5.91 Å². The van der Waals surface area contributed by atoms with Crippen LogP contribution < -0.4 is 24.8 Å². The summed E-state index contributed by atoms with van der Waals surface area (Å²) in [5.41, 5.74) is 2.56. The minimum Gasteiger partial charge on any atom is -0.495 e. The molecule has 1 amide bonds. The van der Waals surface area contributed by atoms with Crippen molar-refractivity contribution < 1.29 is 19.0 Å². The molecule has 1 unspecified atom stereocenters. The summed E-state index contributed by atoms with van der Waals surface area (Å²) in [6.07, 6.45) is 1.45. The molecule has 2 heterocycles. The van der Waals surface area contributed by atoms with E-state index in [4.69, 9.17) is 14.2 Å². The van der Waals surface area contributed by atoms with Gasteiger partial charge in [0.15, 0.2) is 11.5 Å². The number of benzene rings is 2. The van der Waals surface area contributed by atoms with Gasteiger partial charge in [0, 0.05) is 5.70 Å². The van der Waals surface area contributed by atoms with E-state index in [2.05, 4.69) is 20.7 Å². The van der Waals surface area contributed by atoms with Crippen molar-refractivity contribution in [2.24, 2.45) is 0 Å². The normalized spacial score (nSPS) is 15.0. The van der Waals surface area contributed by atoms with Crippen LogP contribution in [0.2, 0.25) is 0 Å². The highest BCUT2D eigenvalue weighted by molar-refractivity contribution is 6.06. The van der Waals surface area contributed by atoms with E-state index >= 15 is 0 Å². The summed E-state index contributed by atoms with van der Waals surface area (Å²) < 4.78 is 18.5. The van der Waals surface area contributed by atoms with Crippen LogP contribution >= 0.6 is 0 Å². The number of aromatic nitrogens is 3. The maximum Gasteiger partial charge on any atom is 0.255 e. The lowest BCUT2D eigenvalue weighted by molar-refractivity contribution is -0.113. The average molecular weight is 450 g/mol. The van der Waals surface area contributed by atoms with Gasteiger partial charge in [-0.1, -0.05) is 18.2 Å². The molecule has 172 valence electrons. The smallest absolute Gasteiger partial charge is 0.255 e. The predicted octanol–water partition coefficient (Wildman–Crippen LogP) is 4.01. The molecule has 1 aliphatic heterocycles. The number of para-hydroxylation sites is 2. The fraction of sp³-hybridized carbons (Fsp3) is 0.292. The highest BCUT2D eigenvalue weighted by Gasteiger charge is 2.34. The molecule has 9 nitrogen and oxygen atoms in total. The maximum absolute atomic E-state index is 13.5. The zero-order chi connectivity index (χ0) is 23.5. The van der Waals surface area contributed by atoms with Gasteiger partial charge >= 0.3 is 0 Å². The second kappa shape index (κ2) is 9.23. The molecule has 0 aliphatic carbocycles. The highest BCUT2D eigenvalue weighted by Crippen LogP contribution is 2.39. The van der Waals surface area contributed by atoms with Crippen molar-refractivity contribution in [2.75, 3.05) is 24.9 Å². The fourth-order valence-electron chi connectivity index (χ4n) is 3.84. The van der Waals surface area contributed by atoms with Crippen LogP contribution in [0, 0.1) is 0 Å². The first-order valence-corrected chi connectivity index (χ1v) is 10.6. The maximum atomic E-state index is 13.5. The number of anilines is 2. The number of hydrogen-bond acceptors (Lipinski definition) is 7. The van der Waals surface area contributed by atoms with E-state index in [-0.39, 0.29) is 12.0 Å². The van der Waals surface area contributed by atoms with E-state index in [1.54, 1.807) is 31.0 Å². The van der Waals surface area contributed by atoms with E-state index in [0.717, 1.165) is 5.56 Å². The number of carbonyl (C=O) groups excluding carboxylic acids is 1. The van der Waals surface area contributed by atoms with Crippen molar-refractivity contribution in [3.63, 3.8) is 0 Å². The van der Waals surface area contributed by atoms with Gasteiger partial charge in [-0.2, -0.15) is 10.1 Å². The molecule has 0 spiro atoms. The number of fused-ring (bicyclic) bond motifs is 1. The number of carbonyl (C=O) groups is 1. The standard InChI is InChI=1S/C24H27N5O4/c1-14(2)33-19-11-10-16(12-20(19)32-5)22-21(15(3)27-24-25-13-26-29(22)24)23(30)28-17-8-6-7-9-18(17)31-4/h6-14,22H,1-5H3,(H,28,30)(H,25,26,27). The number of allylic oxidation sites excluding steroid dienone is 1. The average Bonchev–Trinajstić information content (AvgIpc) is 3.26. The van der Waals surface area contributed by atoms with Crippen molar-refractivity contribution in [3.8, 4) is 17.2 Å². The van der Waals surface area contributed by atoms with Crippen molar-refractivity contribution in [1.82, 2.24) is 14.8 Å². The van der Waals surface area contributed by atoms with Crippen molar-refractivity contribution in [1.29, 1.82) is 0 Å². The van der Waals surface area contributed by atoms with Crippen LogP contribution in [0.1, 0.15) is 32.4 Å². The second-order valence-corrected chi connectivity index (χ2v) is 7.83. The van der Waals surface area contributed by atoms with Gasteiger partial charge < -0.3 is 24.8 Å². The molecule has 0 fully saturated rings. The number of ether oxygens (including phenoxy) is 3. The van der Waals surface area contributed by atoms with Gasteiger partial charge in [-0.05, 0) is 50.6 Å². The molecule has 9 heteroatoms. The second-order valence-electron chi connectivity index (χ2n) is 7.83. The number of nitrogens with zero attached hydrogens (tertiary/aromatic N) is 3. The third-order valence-electron chi connectivity index (χ3n) is 5.26. The Labute approximate surface area is 192 Å². The minimum atomic E-state index is -0.527. The molecule has 33 heavy (non-hydrogen) atoms. The Morgan fingerprint density at radius 3 is 2.58 bits per heavy atom. The molecule has 2 aromatic carbocycles. The van der Waals surface area contributed by atoms with Gasteiger partial charge in [-0.25, -0.2) is 4.68 Å². The number of nitrogens with one attached hydrogen (secondary N) is 2. The molecular formula is C24H27N5O4. The monoisotopic (exact) mass is 449 g/mol. The molecule has 0 bridgehead atoms. The lowest BCUT2D eigenvalue weighted by Gasteiger charge is -2.29. The lowest BCUT2D eigenvalue weighted by Crippen LogP contribution is -2.31. The topological polar surface area (TPSA) is 99.5 Å². The Balaban J connectivity index is 1.77. The first-order valence-electron chi connectivity index (χ1n) is 10.6. The SMILES string of the molecule is COc1ccccc1NC(=O)C1=C(C)Nc2ncnn2C1c1ccc(OC(C)C)c(OC)c1. The molecule has 4 rings (SSSR count). The number of hydrogen-bond donors (Lipinski definition) is 2. The van der Waals surface area contributed by atoms with E-state index in [0.29, 0.717) is 40.2 Å². The summed E-state index contributed by atoms with van der Waals surface area (Å²) in [5, 5.41) is 10.5. The molecule has 0 saturated carbocycles. The summed E-state index contributed by atoms with van der Waals surface area (Å²) in [6.45, 7) is 5.75. The van der Waals surface area contributed by atoms with Crippen LogP contribution in [0.3, 0.4) is 0 Å². The van der Waals surface area contributed by atoms with Gasteiger partial charge in [0.2, 0.25) is 5.95 Å². The Hall–Kier alpha value is -4.01. The number of methoxy groups -OCH3 is 2. The zero-order valence-electron chi connectivity index (χ0n) is 19.2. The lowest BCUT2D eigenvalue weighted by atomic mass is 9.94. The van der Waals surface area contributed by atoms with E-state index in [9.17, 15) is 4.79 Å². The Bertz CT molecular complexity index is 1200. The van der Waals surface area contributed by atoms with Gasteiger partial charge in [0.05, 0.1) is 31.6 Å². The van der Waals surface area contributed by atoms with Crippen molar-refractivity contribution in [2.45, 2.75) is 32.9 Å². The molecule has 0 saturated heterocycles. The first kappa shape index (κ1) is 22.2.